The van der Waals surface area contributed by atoms with Gasteiger partial charge in [-0.05, 0) is 137 Å². The third-order valence-corrected chi connectivity index (χ3v) is 12.7. The van der Waals surface area contributed by atoms with Gasteiger partial charge in [-0.2, -0.15) is 0 Å². The molecule has 4 aliphatic heterocycles. The summed E-state index contributed by atoms with van der Waals surface area (Å²) in [5.74, 6) is -1.36. The summed E-state index contributed by atoms with van der Waals surface area (Å²) in [6.07, 6.45) is 9.76. The Hall–Kier alpha value is -5.72. The fourth-order valence-corrected chi connectivity index (χ4v) is 9.14. The molecule has 2 fully saturated rings. The minimum absolute atomic E-state index is 0.0889. The lowest BCUT2D eigenvalue weighted by Crippen LogP contribution is -2.43. The van der Waals surface area contributed by atoms with E-state index in [2.05, 4.69) is 70.5 Å². The number of piperidine rings is 2. The lowest BCUT2D eigenvalue weighted by atomic mass is 9.90. The first-order chi connectivity index (χ1) is 30.3. The maximum absolute atomic E-state index is 13.2. The van der Waals surface area contributed by atoms with Crippen LogP contribution in [0.2, 0.25) is 0 Å². The Kier molecular flexibility index (Phi) is 14.5. The van der Waals surface area contributed by atoms with Crippen LogP contribution in [-0.4, -0.2) is 86.0 Å². The summed E-state index contributed by atoms with van der Waals surface area (Å²) in [6.45, 7) is 7.13. The number of carbonyl (C=O) groups is 4. The Morgan fingerprint density at radius 2 is 0.919 bits per heavy atom. The highest BCUT2D eigenvalue weighted by atomic mass is 16.8. The first-order valence-electron chi connectivity index (χ1n) is 22.5. The Morgan fingerprint density at radius 3 is 1.32 bits per heavy atom. The van der Waals surface area contributed by atoms with Gasteiger partial charge in [0.2, 0.25) is 0 Å². The minimum Gasteiger partial charge on any atom is -0.493 e. The van der Waals surface area contributed by atoms with Crippen molar-refractivity contribution in [2.45, 2.75) is 77.0 Å². The molecule has 0 N–H and O–H groups in total. The maximum atomic E-state index is 13.2. The lowest BCUT2D eigenvalue weighted by molar-refractivity contribution is -0.172. The fraction of sp³-hybridized carbons (Fsp3) is 0.440. The second-order valence-corrected chi connectivity index (χ2v) is 17.1. The van der Waals surface area contributed by atoms with Crippen LogP contribution < -0.4 is 19.6 Å². The van der Waals surface area contributed by atoms with Crippen LogP contribution in [0.1, 0.15) is 73.6 Å². The van der Waals surface area contributed by atoms with Crippen LogP contribution in [0.15, 0.2) is 97.1 Å². The number of hydrogen-bond donors (Lipinski definition) is 0. The number of carbonyl (C=O) groups excluding carboxylic acids is 4. The summed E-state index contributed by atoms with van der Waals surface area (Å²) >= 11 is 0. The van der Waals surface area contributed by atoms with E-state index in [0.29, 0.717) is 60.8 Å². The zero-order valence-corrected chi connectivity index (χ0v) is 35.6. The van der Waals surface area contributed by atoms with E-state index in [1.165, 1.54) is 36.8 Å². The largest absolute Gasteiger partial charge is 0.493 e. The highest BCUT2D eigenvalue weighted by molar-refractivity contribution is 6.30. The van der Waals surface area contributed by atoms with E-state index in [0.717, 1.165) is 86.2 Å². The molecule has 4 aromatic carbocycles. The molecule has 62 heavy (non-hydrogen) atoms. The topological polar surface area (TPSA) is 118 Å². The van der Waals surface area contributed by atoms with Gasteiger partial charge in [-0.3, -0.25) is 9.59 Å². The first-order valence-corrected chi connectivity index (χ1v) is 22.5. The third-order valence-electron chi connectivity index (χ3n) is 12.7. The van der Waals surface area contributed by atoms with Crippen molar-refractivity contribution < 1.29 is 38.3 Å². The molecular weight excluding hydrogens is 785 g/mol. The van der Waals surface area contributed by atoms with Crippen molar-refractivity contribution in [3.8, 4) is 11.5 Å². The van der Waals surface area contributed by atoms with Crippen molar-refractivity contribution >= 4 is 35.1 Å². The maximum Gasteiger partial charge on any atom is 0.444 e. The first kappa shape index (κ1) is 42.9. The molecule has 0 aromatic heterocycles. The Balaban J connectivity index is 0.788. The van der Waals surface area contributed by atoms with E-state index in [9.17, 15) is 19.2 Å². The Bertz CT molecular complexity index is 2000. The van der Waals surface area contributed by atoms with Crippen molar-refractivity contribution in [2.75, 3.05) is 62.6 Å². The molecular formula is C50H58N4O8. The molecule has 4 heterocycles. The molecule has 0 radical (unpaired) electrons. The summed E-state index contributed by atoms with van der Waals surface area (Å²) in [6, 6.07) is 32.1. The molecule has 4 aliphatic rings. The number of nitrogens with zero attached hydrogens (tertiary/aromatic N) is 4. The SMILES string of the molecule is O=C(ON1C(=O)CCc2ccc(OCCCN3CCC(Cc4ccccc4)CC3)cc21)C(=O)ON1C(=O)CCc2ccc(OCCCN3CCC(Cc4ccccc4)CC3)cc21. The lowest BCUT2D eigenvalue weighted by Gasteiger charge is -2.32. The van der Waals surface area contributed by atoms with Crippen molar-refractivity contribution in [2.24, 2.45) is 11.8 Å². The quantitative estimate of drug-likeness (QED) is 0.0840. The van der Waals surface area contributed by atoms with Crippen molar-refractivity contribution in [1.82, 2.24) is 9.80 Å². The number of ether oxygens (including phenoxy) is 2. The monoisotopic (exact) mass is 842 g/mol. The highest BCUT2D eigenvalue weighted by Crippen LogP contribution is 2.34. The van der Waals surface area contributed by atoms with Gasteiger partial charge in [0.15, 0.2) is 0 Å². The predicted molar refractivity (Wildman–Crippen MR) is 236 cm³/mol. The predicted octanol–water partition coefficient (Wildman–Crippen LogP) is 7.31. The van der Waals surface area contributed by atoms with Gasteiger partial charge in [-0.1, -0.05) is 72.8 Å². The fourth-order valence-electron chi connectivity index (χ4n) is 9.14. The second kappa shape index (κ2) is 20.9. The number of aryl methyl sites for hydroxylation is 2. The number of hydroxylamine groups is 2. The van der Waals surface area contributed by atoms with Crippen LogP contribution in [0.3, 0.4) is 0 Å². The molecule has 12 nitrogen and oxygen atoms in total. The van der Waals surface area contributed by atoms with E-state index in [4.69, 9.17) is 19.1 Å². The zero-order valence-electron chi connectivity index (χ0n) is 35.6. The van der Waals surface area contributed by atoms with Gasteiger partial charge in [-0.25, -0.2) is 9.59 Å². The van der Waals surface area contributed by atoms with Gasteiger partial charge in [0.25, 0.3) is 11.8 Å². The summed E-state index contributed by atoms with van der Waals surface area (Å²) < 4.78 is 12.2. The van der Waals surface area contributed by atoms with E-state index in [1.807, 2.05) is 24.3 Å². The molecule has 0 aliphatic carbocycles. The van der Waals surface area contributed by atoms with Gasteiger partial charge >= 0.3 is 11.9 Å². The Morgan fingerprint density at radius 1 is 0.516 bits per heavy atom. The molecule has 0 bridgehead atoms. The summed E-state index contributed by atoms with van der Waals surface area (Å²) in [4.78, 5) is 68.3. The van der Waals surface area contributed by atoms with Gasteiger partial charge in [0.05, 0.1) is 24.6 Å². The van der Waals surface area contributed by atoms with Gasteiger partial charge < -0.3 is 28.9 Å². The number of likely N-dealkylation sites (tertiary alicyclic amines) is 2. The van der Waals surface area contributed by atoms with Crippen molar-refractivity contribution in [1.29, 1.82) is 0 Å². The molecule has 2 saturated heterocycles. The van der Waals surface area contributed by atoms with E-state index in [-0.39, 0.29) is 12.8 Å². The van der Waals surface area contributed by atoms with Crippen LogP contribution in [0.4, 0.5) is 11.4 Å². The summed E-state index contributed by atoms with van der Waals surface area (Å²) in [7, 11) is 0. The van der Waals surface area contributed by atoms with E-state index in [1.54, 1.807) is 12.1 Å². The third kappa shape index (κ3) is 11.4. The number of anilines is 2. The average Bonchev–Trinajstić information content (AvgIpc) is 3.30. The van der Waals surface area contributed by atoms with Crippen LogP contribution in [0.25, 0.3) is 0 Å². The van der Waals surface area contributed by atoms with Gasteiger partial charge in [-0.15, -0.1) is 10.1 Å². The number of hydrogen-bond acceptors (Lipinski definition) is 10. The number of amides is 2. The van der Waals surface area contributed by atoms with Crippen LogP contribution in [0, 0.1) is 11.8 Å². The van der Waals surface area contributed by atoms with Gasteiger partial charge in [0.1, 0.15) is 11.5 Å². The Labute approximate surface area is 364 Å². The van der Waals surface area contributed by atoms with Crippen LogP contribution in [-0.2, 0) is 54.5 Å². The zero-order chi connectivity index (χ0) is 42.7. The normalized spacial score (nSPS) is 17.6. The molecule has 4 aromatic rings. The molecule has 0 spiro atoms. The number of fused-ring (bicyclic) bond motifs is 2. The minimum atomic E-state index is -1.43. The van der Waals surface area contributed by atoms with E-state index >= 15 is 0 Å². The van der Waals surface area contributed by atoms with Gasteiger partial charge in [0, 0.05) is 38.1 Å². The van der Waals surface area contributed by atoms with Crippen molar-refractivity contribution in [3.05, 3.63) is 119 Å². The smallest absolute Gasteiger partial charge is 0.444 e. The molecule has 326 valence electrons. The van der Waals surface area contributed by atoms with E-state index < -0.39 is 23.8 Å². The number of rotatable bonds is 16. The molecule has 0 saturated carbocycles. The highest BCUT2D eigenvalue weighted by Gasteiger charge is 2.35. The molecule has 0 atom stereocenters. The molecule has 2 amide bonds. The molecule has 0 unspecified atom stereocenters. The average molecular weight is 843 g/mol. The van der Waals surface area contributed by atoms with Crippen LogP contribution >= 0.6 is 0 Å². The molecule has 12 heteroatoms. The van der Waals surface area contributed by atoms with Crippen LogP contribution in [0.5, 0.6) is 11.5 Å². The summed E-state index contributed by atoms with van der Waals surface area (Å²) in [5, 5.41) is 1.67. The summed E-state index contributed by atoms with van der Waals surface area (Å²) in [5.41, 5.74) is 5.01. The number of benzene rings is 4. The van der Waals surface area contributed by atoms with Crippen molar-refractivity contribution in [3.63, 3.8) is 0 Å². The second-order valence-electron chi connectivity index (χ2n) is 17.1. The molecule has 8 rings (SSSR count). The standard InChI is InChI=1S/C50H58N4O8/c55-47-19-15-41-13-17-43(59-31-7-25-51-27-21-39(22-28-51)33-37-9-3-1-4-10-37)35-45(41)53(47)61-49(57)50(58)62-54-46-36-44(18-14-42(46)16-20-48(54)56)60-32-8-26-52-29-23-40(24-30-52)34-38-11-5-2-6-12-38/h1-6,9-14,17-18,35-36,39-40H,7-8,15-16,19-34H2.